The summed E-state index contributed by atoms with van der Waals surface area (Å²) in [6, 6.07) is 8.18. The van der Waals surface area contributed by atoms with Crippen LogP contribution in [-0.2, 0) is 0 Å². The van der Waals surface area contributed by atoms with Crippen LogP contribution in [0.2, 0.25) is 0 Å². The Kier molecular flexibility index (Phi) is 0.993. The Balaban J connectivity index is 2.79. The van der Waals surface area contributed by atoms with Crippen molar-refractivity contribution in [3.8, 4) is 11.3 Å². The number of hydrogen-bond acceptors (Lipinski definition) is 2. The first-order valence-corrected chi connectivity index (χ1v) is 3.59. The molecule has 2 heteroatoms. The average molecular weight is 135 g/mol. The Morgan fingerprint density at radius 3 is 3.11 bits per heavy atom. The normalized spacial score (nSPS) is 10.2. The maximum atomic E-state index is 4.18. The topological polar surface area (TPSA) is 12.9 Å². The molecular weight excluding hydrogens is 130 g/mol. The Morgan fingerprint density at radius 1 is 1.22 bits per heavy atom. The minimum absolute atomic E-state index is 1.10. The molecule has 0 radical (unpaired) electrons. The fraction of sp³-hybridized carbons (Fsp3) is 0. The van der Waals surface area contributed by atoms with E-state index in [2.05, 4.69) is 16.5 Å². The fourth-order valence-electron chi connectivity index (χ4n) is 0.840. The third-order valence-electron chi connectivity index (χ3n) is 1.29. The minimum Gasteiger partial charge on any atom is -0.193 e. The molecule has 1 aliphatic heterocycles. The van der Waals surface area contributed by atoms with Gasteiger partial charge in [0.1, 0.15) is 0 Å². The highest BCUT2D eigenvalue weighted by molar-refractivity contribution is 7.03. The zero-order chi connectivity index (χ0) is 6.10. The summed E-state index contributed by atoms with van der Waals surface area (Å²) in [7, 11) is 0. The van der Waals surface area contributed by atoms with Crippen LogP contribution in [0.1, 0.15) is 0 Å². The largest absolute Gasteiger partial charge is 0.193 e. The molecule has 1 nitrogen and oxygen atoms in total. The van der Waals surface area contributed by atoms with Gasteiger partial charge in [-0.2, -0.15) is 4.37 Å². The van der Waals surface area contributed by atoms with Gasteiger partial charge in [-0.25, -0.2) is 0 Å². The van der Waals surface area contributed by atoms with E-state index in [0.717, 1.165) is 5.69 Å². The molecule has 0 bridgehead atoms. The minimum atomic E-state index is 1.10. The second-order valence-corrected chi connectivity index (χ2v) is 2.53. The van der Waals surface area contributed by atoms with E-state index < -0.39 is 0 Å². The van der Waals surface area contributed by atoms with Crippen molar-refractivity contribution in [2.45, 2.75) is 0 Å². The summed E-state index contributed by atoms with van der Waals surface area (Å²) in [5.41, 5.74) is 2.33. The van der Waals surface area contributed by atoms with Gasteiger partial charge in [0.15, 0.2) is 0 Å². The second-order valence-electron chi connectivity index (χ2n) is 1.87. The molecule has 0 saturated heterocycles. The Hall–Kier alpha value is -0.890. The molecule has 2 rings (SSSR count). The van der Waals surface area contributed by atoms with Crippen LogP contribution in [0.5, 0.6) is 0 Å². The van der Waals surface area contributed by atoms with Gasteiger partial charge in [0.05, 0.1) is 5.69 Å². The summed E-state index contributed by atoms with van der Waals surface area (Å²) in [6.45, 7) is 0. The van der Waals surface area contributed by atoms with Gasteiger partial charge < -0.3 is 0 Å². The lowest BCUT2D eigenvalue weighted by molar-refractivity contribution is 1.53. The molecule has 0 fully saturated rings. The van der Waals surface area contributed by atoms with Crippen LogP contribution in [-0.4, -0.2) is 4.37 Å². The lowest BCUT2D eigenvalue weighted by Crippen LogP contribution is -1.71. The summed E-state index contributed by atoms with van der Waals surface area (Å²) < 4.78 is 4.18. The van der Waals surface area contributed by atoms with E-state index in [1.807, 2.05) is 17.5 Å². The number of aromatic nitrogens is 1. The molecule has 1 aliphatic carbocycles. The van der Waals surface area contributed by atoms with Crippen molar-refractivity contribution in [2.75, 3.05) is 0 Å². The van der Waals surface area contributed by atoms with Crippen molar-refractivity contribution in [3.05, 3.63) is 29.6 Å². The molecule has 9 heavy (non-hydrogen) atoms. The van der Waals surface area contributed by atoms with Crippen LogP contribution in [0.3, 0.4) is 0 Å². The number of nitrogens with zero attached hydrogens (tertiary/aromatic N) is 1. The van der Waals surface area contributed by atoms with Crippen molar-refractivity contribution in [2.24, 2.45) is 0 Å². The van der Waals surface area contributed by atoms with E-state index in [9.17, 15) is 0 Å². The molecule has 0 amide bonds. The van der Waals surface area contributed by atoms with Crippen LogP contribution >= 0.6 is 11.5 Å². The van der Waals surface area contributed by atoms with Crippen molar-refractivity contribution >= 4 is 11.5 Å². The van der Waals surface area contributed by atoms with Crippen LogP contribution in [0.4, 0.5) is 0 Å². The highest BCUT2D eigenvalue weighted by Crippen LogP contribution is 2.19. The van der Waals surface area contributed by atoms with E-state index >= 15 is 0 Å². The molecule has 2 aliphatic rings. The third kappa shape index (κ3) is 0.715. The van der Waals surface area contributed by atoms with Gasteiger partial charge in [-0.05, 0) is 23.7 Å². The Morgan fingerprint density at radius 2 is 2.22 bits per heavy atom. The first-order valence-electron chi connectivity index (χ1n) is 2.76. The molecule has 0 aromatic rings. The summed E-state index contributed by atoms with van der Waals surface area (Å²) in [6.07, 6.45) is 0. The first-order chi connectivity index (χ1) is 4.47. The monoisotopic (exact) mass is 135 g/mol. The highest BCUT2D eigenvalue weighted by atomic mass is 32.1. The zero-order valence-electron chi connectivity index (χ0n) is 4.74. The van der Waals surface area contributed by atoms with Gasteiger partial charge in [0.25, 0.3) is 0 Å². The van der Waals surface area contributed by atoms with Crippen molar-refractivity contribution in [3.63, 3.8) is 0 Å². The number of fused-ring (bicyclic) bond motifs is 1. The van der Waals surface area contributed by atoms with Gasteiger partial charge in [0.2, 0.25) is 0 Å². The summed E-state index contributed by atoms with van der Waals surface area (Å²) >= 11 is 1.49. The average Bonchev–Trinajstić information content (AvgIpc) is 2.33. The smallest absolute Gasteiger partial charge is 0.0832 e. The van der Waals surface area contributed by atoms with Gasteiger partial charge in [-0.15, -0.1) is 0 Å². The third-order valence-corrected chi connectivity index (χ3v) is 1.85. The number of hydrogen-bond donors (Lipinski definition) is 0. The molecular formula is C7H5NS. The molecule has 0 N–H and O–H groups in total. The van der Waals surface area contributed by atoms with E-state index in [-0.39, 0.29) is 0 Å². The van der Waals surface area contributed by atoms with Crippen LogP contribution in [0, 0.1) is 0 Å². The molecule has 1 heterocycles. The van der Waals surface area contributed by atoms with Gasteiger partial charge >= 0.3 is 0 Å². The van der Waals surface area contributed by atoms with Gasteiger partial charge in [-0.1, -0.05) is 12.1 Å². The second kappa shape index (κ2) is 1.81. The summed E-state index contributed by atoms with van der Waals surface area (Å²) in [5, 5.41) is 1.99. The van der Waals surface area contributed by atoms with Gasteiger partial charge in [0, 0.05) is 10.9 Å². The SMILES string of the molecule is c1cc2ccsnc-2c1. The Labute approximate surface area is 57.5 Å². The first kappa shape index (κ1) is 4.94. The lowest BCUT2D eigenvalue weighted by Gasteiger charge is -1.90. The maximum absolute atomic E-state index is 4.18. The Bertz CT molecular complexity index is 249. The lowest BCUT2D eigenvalue weighted by atomic mass is 10.3. The molecule has 0 unspecified atom stereocenters. The zero-order valence-corrected chi connectivity index (χ0v) is 5.56. The highest BCUT2D eigenvalue weighted by Gasteiger charge is 1.98. The van der Waals surface area contributed by atoms with E-state index in [1.54, 1.807) is 0 Å². The molecule has 0 saturated carbocycles. The van der Waals surface area contributed by atoms with Crippen LogP contribution in [0.15, 0.2) is 29.6 Å². The molecule has 44 valence electrons. The summed E-state index contributed by atoms with van der Waals surface area (Å²) in [5.74, 6) is 0. The van der Waals surface area contributed by atoms with Crippen molar-refractivity contribution < 1.29 is 0 Å². The van der Waals surface area contributed by atoms with E-state index in [1.165, 1.54) is 17.1 Å². The van der Waals surface area contributed by atoms with Crippen molar-refractivity contribution in [1.82, 2.24) is 4.37 Å². The van der Waals surface area contributed by atoms with E-state index in [4.69, 9.17) is 0 Å². The van der Waals surface area contributed by atoms with E-state index in [0.29, 0.717) is 0 Å². The predicted octanol–water partition coefficient (Wildman–Crippen LogP) is 2.25. The van der Waals surface area contributed by atoms with Crippen LogP contribution in [0.25, 0.3) is 11.3 Å². The fourth-order valence-corrected chi connectivity index (χ4v) is 1.39. The molecule has 0 atom stereocenters. The van der Waals surface area contributed by atoms with Crippen molar-refractivity contribution in [1.29, 1.82) is 0 Å². The summed E-state index contributed by atoms with van der Waals surface area (Å²) in [4.78, 5) is 0. The molecule has 0 aromatic heterocycles. The number of rotatable bonds is 0. The van der Waals surface area contributed by atoms with Crippen LogP contribution < -0.4 is 0 Å². The molecule has 0 spiro atoms. The van der Waals surface area contributed by atoms with Gasteiger partial charge in [-0.3, -0.25) is 0 Å². The standard InChI is InChI=1S/C7H5NS/c1-2-6-4-5-9-8-7(6)3-1/h1-5H. The quantitative estimate of drug-likeness (QED) is 0.540. The maximum Gasteiger partial charge on any atom is 0.0832 e. The molecule has 0 aromatic carbocycles. The predicted molar refractivity (Wildman–Crippen MR) is 38.7 cm³/mol.